The van der Waals surface area contributed by atoms with Crippen molar-refractivity contribution in [1.82, 2.24) is 5.32 Å². The molecule has 1 amide bonds. The third-order valence-corrected chi connectivity index (χ3v) is 3.21. The molecule has 0 aromatic heterocycles. The van der Waals surface area contributed by atoms with Gasteiger partial charge in [-0.3, -0.25) is 4.79 Å². The second kappa shape index (κ2) is 5.60. The van der Waals surface area contributed by atoms with Gasteiger partial charge in [0, 0.05) is 18.6 Å². The summed E-state index contributed by atoms with van der Waals surface area (Å²) in [6.07, 6.45) is -5.65. The van der Waals surface area contributed by atoms with E-state index in [0.29, 0.717) is 0 Å². The molecule has 2 atom stereocenters. The molecule has 0 bridgehead atoms. The highest BCUT2D eigenvalue weighted by Gasteiger charge is 2.63. The van der Waals surface area contributed by atoms with E-state index in [-0.39, 0.29) is 31.5 Å². The molecule has 1 rings (SSSR count). The van der Waals surface area contributed by atoms with Gasteiger partial charge in [0.2, 0.25) is 0 Å². The van der Waals surface area contributed by atoms with Crippen LogP contribution in [0.15, 0.2) is 0 Å². The predicted octanol–water partition coefficient (Wildman–Crippen LogP) is 2.36. The van der Waals surface area contributed by atoms with Crippen LogP contribution in [-0.2, 0) is 9.53 Å². The normalized spacial score (nSPS) is 25.5. The highest BCUT2D eigenvalue weighted by atomic mass is 19.4. The van der Waals surface area contributed by atoms with Crippen molar-refractivity contribution in [3.8, 4) is 0 Å². The van der Waals surface area contributed by atoms with Gasteiger partial charge in [0.25, 0.3) is 0 Å². The van der Waals surface area contributed by atoms with Crippen molar-refractivity contribution in [3.63, 3.8) is 0 Å². The first kappa shape index (κ1) is 16.1. The lowest BCUT2D eigenvalue weighted by Crippen LogP contribution is -2.56. The van der Waals surface area contributed by atoms with E-state index in [9.17, 15) is 26.7 Å². The maximum Gasteiger partial charge on any atom is 0.463 e. The molecule has 0 radical (unpaired) electrons. The first-order valence-corrected chi connectivity index (χ1v) is 5.90. The van der Waals surface area contributed by atoms with E-state index in [1.807, 2.05) is 5.32 Å². The third kappa shape index (κ3) is 3.55. The molecule has 0 aliphatic carbocycles. The summed E-state index contributed by atoms with van der Waals surface area (Å²) in [6.45, 7) is 4.05. The maximum absolute atomic E-state index is 12.8. The van der Waals surface area contributed by atoms with Gasteiger partial charge < -0.3 is 10.1 Å². The fraction of sp³-hybridized carbons (Fsp3) is 0.909. The number of rotatable bonds is 3. The van der Waals surface area contributed by atoms with Crippen molar-refractivity contribution in [1.29, 1.82) is 0 Å². The molecule has 1 fully saturated rings. The Morgan fingerprint density at radius 1 is 1.26 bits per heavy atom. The van der Waals surface area contributed by atoms with E-state index in [1.165, 1.54) is 0 Å². The van der Waals surface area contributed by atoms with Gasteiger partial charge in [-0.2, -0.15) is 22.0 Å². The zero-order valence-electron chi connectivity index (χ0n) is 10.6. The Kier molecular flexibility index (Phi) is 4.76. The number of hydrogen-bond acceptors (Lipinski definition) is 2. The molecule has 3 nitrogen and oxygen atoms in total. The molecule has 1 aliphatic rings. The molecule has 1 aliphatic heterocycles. The first-order chi connectivity index (χ1) is 8.57. The molecule has 0 saturated carbocycles. The van der Waals surface area contributed by atoms with E-state index < -0.39 is 24.0 Å². The molecule has 1 N–H and O–H groups in total. The van der Waals surface area contributed by atoms with Crippen molar-refractivity contribution < 1.29 is 31.5 Å². The van der Waals surface area contributed by atoms with Gasteiger partial charge in [-0.1, -0.05) is 13.8 Å². The average Bonchev–Trinajstić information content (AvgIpc) is 2.27. The Morgan fingerprint density at radius 3 is 2.32 bits per heavy atom. The smallest absolute Gasteiger partial charge is 0.381 e. The largest absolute Gasteiger partial charge is 0.463 e. The maximum atomic E-state index is 12.8. The fourth-order valence-corrected chi connectivity index (χ4v) is 1.98. The minimum atomic E-state index is -5.88. The summed E-state index contributed by atoms with van der Waals surface area (Å²) >= 11 is 0. The topological polar surface area (TPSA) is 38.3 Å². The molecular formula is C11H16F5NO2. The number of carbonyl (C=O) groups excluding carboxylic acids is 1. The second-order valence-electron chi connectivity index (χ2n) is 4.92. The standard InChI is InChI=1S/C11H16F5NO2/c1-6(2)7-5-19-4-3-8(7)17-9(18)10(12,13)11(14,15)16/h6-8H,3-5H2,1-2H3,(H,17,18)/t7-,8+/m0/s1. The van der Waals surface area contributed by atoms with Gasteiger partial charge in [-0.25, -0.2) is 0 Å². The van der Waals surface area contributed by atoms with Crippen LogP contribution in [0, 0.1) is 11.8 Å². The first-order valence-electron chi connectivity index (χ1n) is 5.90. The molecule has 112 valence electrons. The third-order valence-electron chi connectivity index (χ3n) is 3.21. The number of carbonyl (C=O) groups is 1. The van der Waals surface area contributed by atoms with Crippen LogP contribution in [-0.4, -0.2) is 37.3 Å². The molecule has 0 spiro atoms. The molecule has 19 heavy (non-hydrogen) atoms. The van der Waals surface area contributed by atoms with Gasteiger partial charge >= 0.3 is 18.0 Å². The van der Waals surface area contributed by atoms with Crippen molar-refractivity contribution in [3.05, 3.63) is 0 Å². The zero-order valence-corrected chi connectivity index (χ0v) is 10.6. The fourth-order valence-electron chi connectivity index (χ4n) is 1.98. The monoisotopic (exact) mass is 289 g/mol. The SMILES string of the molecule is CC(C)[C@@H]1COCC[C@H]1NC(=O)C(F)(F)C(F)(F)F. The Hall–Kier alpha value is -0.920. The Labute approximate surface area is 107 Å². The van der Waals surface area contributed by atoms with Gasteiger partial charge in [0.05, 0.1) is 6.61 Å². The summed E-state index contributed by atoms with van der Waals surface area (Å²) in [5, 5.41) is 1.81. The number of nitrogens with one attached hydrogen (secondary N) is 1. The molecule has 0 unspecified atom stereocenters. The molecule has 8 heteroatoms. The predicted molar refractivity (Wildman–Crippen MR) is 56.7 cm³/mol. The van der Waals surface area contributed by atoms with E-state index in [4.69, 9.17) is 4.74 Å². The van der Waals surface area contributed by atoms with E-state index in [2.05, 4.69) is 0 Å². The van der Waals surface area contributed by atoms with Gasteiger partial charge in [0.15, 0.2) is 0 Å². The Morgan fingerprint density at radius 2 is 1.84 bits per heavy atom. The van der Waals surface area contributed by atoms with Crippen LogP contribution in [0.25, 0.3) is 0 Å². The average molecular weight is 289 g/mol. The quantitative estimate of drug-likeness (QED) is 0.810. The summed E-state index contributed by atoms with van der Waals surface area (Å²) in [4.78, 5) is 11.1. The van der Waals surface area contributed by atoms with Crippen LogP contribution in [0.3, 0.4) is 0 Å². The molecule has 1 heterocycles. The zero-order chi connectivity index (χ0) is 14.8. The molecule has 0 aromatic carbocycles. The van der Waals surface area contributed by atoms with E-state index in [1.54, 1.807) is 13.8 Å². The molecular weight excluding hydrogens is 273 g/mol. The summed E-state index contributed by atoms with van der Waals surface area (Å²) in [6, 6.07) is -0.727. The number of alkyl halides is 5. The van der Waals surface area contributed by atoms with Crippen molar-refractivity contribution in [2.24, 2.45) is 11.8 Å². The number of halogens is 5. The lowest BCUT2D eigenvalue weighted by atomic mass is 9.86. The molecule has 0 aromatic rings. The highest BCUT2D eigenvalue weighted by Crippen LogP contribution is 2.36. The van der Waals surface area contributed by atoms with Gasteiger partial charge in [0.1, 0.15) is 0 Å². The van der Waals surface area contributed by atoms with Crippen molar-refractivity contribution >= 4 is 5.91 Å². The minimum absolute atomic E-state index is 0.00473. The number of amides is 1. The van der Waals surface area contributed by atoms with Crippen LogP contribution in [0.4, 0.5) is 22.0 Å². The summed E-state index contributed by atoms with van der Waals surface area (Å²) in [7, 11) is 0. The Balaban J connectivity index is 2.75. The summed E-state index contributed by atoms with van der Waals surface area (Å²) in [5.41, 5.74) is 0. The van der Waals surface area contributed by atoms with Gasteiger partial charge in [-0.05, 0) is 12.3 Å². The van der Waals surface area contributed by atoms with Crippen molar-refractivity contribution in [2.75, 3.05) is 13.2 Å². The van der Waals surface area contributed by atoms with Crippen LogP contribution in [0.2, 0.25) is 0 Å². The lowest BCUT2D eigenvalue weighted by molar-refractivity contribution is -0.270. The number of ether oxygens (including phenoxy) is 1. The van der Waals surface area contributed by atoms with Crippen molar-refractivity contribution in [2.45, 2.75) is 38.4 Å². The van der Waals surface area contributed by atoms with E-state index >= 15 is 0 Å². The minimum Gasteiger partial charge on any atom is -0.381 e. The Bertz CT molecular complexity index is 330. The number of hydrogen-bond donors (Lipinski definition) is 1. The summed E-state index contributed by atoms with van der Waals surface area (Å²) < 4.78 is 67.0. The van der Waals surface area contributed by atoms with Crippen LogP contribution in [0.1, 0.15) is 20.3 Å². The van der Waals surface area contributed by atoms with Crippen LogP contribution < -0.4 is 5.32 Å². The van der Waals surface area contributed by atoms with E-state index in [0.717, 1.165) is 0 Å². The van der Waals surface area contributed by atoms with Gasteiger partial charge in [-0.15, -0.1) is 0 Å². The lowest BCUT2D eigenvalue weighted by Gasteiger charge is -2.35. The van der Waals surface area contributed by atoms with Crippen LogP contribution >= 0.6 is 0 Å². The highest BCUT2D eigenvalue weighted by molar-refractivity contribution is 5.84. The van der Waals surface area contributed by atoms with Crippen LogP contribution in [0.5, 0.6) is 0 Å². The molecule has 1 saturated heterocycles. The second-order valence-corrected chi connectivity index (χ2v) is 4.92. The summed E-state index contributed by atoms with van der Waals surface area (Å²) in [5.74, 6) is -7.93.